The third-order valence-corrected chi connectivity index (χ3v) is 6.48. The molecular weight excluding hydrogens is 344 g/mol. The number of benzene rings is 1. The Bertz CT molecular complexity index is 640. The maximum absolute atomic E-state index is 11.9. The monoisotopic (exact) mass is 374 g/mol. The molecule has 1 heterocycles. The Morgan fingerprint density at radius 3 is 2.81 bits per heavy atom. The van der Waals surface area contributed by atoms with Crippen LogP contribution >= 0.6 is 11.8 Å². The van der Waals surface area contributed by atoms with Crippen LogP contribution in [0.15, 0.2) is 29.3 Å². The number of likely N-dealkylation sites (N-methyl/N-ethyl adjacent to an activating group) is 1. The highest BCUT2D eigenvalue weighted by molar-refractivity contribution is 8.00. The van der Waals surface area contributed by atoms with Gasteiger partial charge < -0.3 is 15.5 Å². The third-order valence-electron chi connectivity index (χ3n) is 5.08. The Kier molecular flexibility index (Phi) is 6.83. The Balaban J connectivity index is 1.60. The molecule has 2 atom stereocenters. The molecule has 1 aliphatic carbocycles. The Morgan fingerprint density at radius 2 is 2.08 bits per heavy atom. The highest BCUT2D eigenvalue weighted by Crippen LogP contribution is 2.25. The molecule has 1 amide bonds. The molecule has 2 aliphatic rings. The van der Waals surface area contributed by atoms with E-state index in [1.165, 1.54) is 29.7 Å². The lowest BCUT2D eigenvalue weighted by molar-refractivity contribution is -0.127. The molecule has 5 nitrogen and oxygen atoms in total. The fourth-order valence-corrected chi connectivity index (χ4v) is 4.67. The molecular formula is C20H30N4OS. The van der Waals surface area contributed by atoms with E-state index in [2.05, 4.69) is 39.9 Å². The normalized spacial score (nSPS) is 22.6. The number of carbonyl (C=O) groups excluding carboxylic acids is 1. The van der Waals surface area contributed by atoms with E-state index in [9.17, 15) is 4.79 Å². The van der Waals surface area contributed by atoms with Crippen molar-refractivity contribution in [2.45, 2.75) is 43.4 Å². The maximum atomic E-state index is 11.9. The van der Waals surface area contributed by atoms with Gasteiger partial charge in [0.15, 0.2) is 5.96 Å². The van der Waals surface area contributed by atoms with Crippen molar-refractivity contribution >= 4 is 23.6 Å². The number of fused-ring (bicyclic) bond motifs is 1. The minimum Gasteiger partial charge on any atom is -0.355 e. The van der Waals surface area contributed by atoms with Crippen LogP contribution in [-0.4, -0.2) is 61.0 Å². The van der Waals surface area contributed by atoms with Crippen molar-refractivity contribution in [3.8, 4) is 0 Å². The minimum atomic E-state index is 0.0235. The first kappa shape index (κ1) is 19.1. The van der Waals surface area contributed by atoms with Crippen LogP contribution in [0, 0.1) is 0 Å². The van der Waals surface area contributed by atoms with Crippen molar-refractivity contribution < 1.29 is 4.79 Å². The molecule has 1 fully saturated rings. The van der Waals surface area contributed by atoms with Crippen molar-refractivity contribution in [1.29, 1.82) is 0 Å². The Labute approximate surface area is 161 Å². The van der Waals surface area contributed by atoms with Crippen LogP contribution in [0.5, 0.6) is 0 Å². The summed E-state index contributed by atoms with van der Waals surface area (Å²) in [6.07, 6.45) is 5.76. The van der Waals surface area contributed by atoms with Crippen LogP contribution in [0.3, 0.4) is 0 Å². The Hall–Kier alpha value is -1.69. The number of rotatable bonds is 5. The largest absolute Gasteiger partial charge is 0.355 e. The van der Waals surface area contributed by atoms with Crippen LogP contribution in [0.25, 0.3) is 0 Å². The van der Waals surface area contributed by atoms with Crippen LogP contribution in [-0.2, 0) is 17.6 Å². The SMILES string of the molecule is CN(C)C(=O)CN=C(NCC1CCCS1)NC1CCc2ccccc2C1. The van der Waals surface area contributed by atoms with Gasteiger partial charge in [-0.1, -0.05) is 24.3 Å². The number of carbonyl (C=O) groups is 1. The zero-order valence-corrected chi connectivity index (χ0v) is 16.6. The molecule has 1 aromatic rings. The summed E-state index contributed by atoms with van der Waals surface area (Å²) in [7, 11) is 3.54. The lowest BCUT2D eigenvalue weighted by atomic mass is 9.88. The van der Waals surface area contributed by atoms with Gasteiger partial charge in [-0.05, 0) is 49.0 Å². The van der Waals surface area contributed by atoms with Crippen molar-refractivity contribution in [3.05, 3.63) is 35.4 Å². The molecule has 1 saturated heterocycles. The second kappa shape index (κ2) is 9.31. The number of nitrogens with one attached hydrogen (secondary N) is 2. The van der Waals surface area contributed by atoms with E-state index < -0.39 is 0 Å². The highest BCUT2D eigenvalue weighted by atomic mass is 32.2. The number of hydrogen-bond donors (Lipinski definition) is 2. The number of aliphatic imine (C=N–C) groups is 1. The van der Waals surface area contributed by atoms with Gasteiger partial charge in [0, 0.05) is 31.9 Å². The van der Waals surface area contributed by atoms with Gasteiger partial charge in [0.2, 0.25) is 5.91 Å². The summed E-state index contributed by atoms with van der Waals surface area (Å²) in [5, 5.41) is 7.70. The predicted molar refractivity (Wildman–Crippen MR) is 110 cm³/mol. The fourth-order valence-electron chi connectivity index (χ4n) is 3.47. The average molecular weight is 375 g/mol. The van der Waals surface area contributed by atoms with Crippen LogP contribution in [0.1, 0.15) is 30.4 Å². The first-order chi connectivity index (χ1) is 12.6. The molecule has 0 saturated carbocycles. The van der Waals surface area contributed by atoms with Gasteiger partial charge in [-0.3, -0.25) is 4.79 Å². The second-order valence-electron chi connectivity index (χ2n) is 7.32. The van der Waals surface area contributed by atoms with E-state index in [1.807, 2.05) is 11.8 Å². The number of aryl methyl sites for hydroxylation is 1. The lowest BCUT2D eigenvalue weighted by Crippen LogP contribution is -2.47. The van der Waals surface area contributed by atoms with E-state index in [0.717, 1.165) is 31.8 Å². The summed E-state index contributed by atoms with van der Waals surface area (Å²) in [5.74, 6) is 2.05. The molecule has 0 bridgehead atoms. The summed E-state index contributed by atoms with van der Waals surface area (Å²) in [5.41, 5.74) is 2.88. The number of nitrogens with zero attached hydrogens (tertiary/aromatic N) is 2. The number of guanidine groups is 1. The first-order valence-corrected chi connectivity index (χ1v) is 10.6. The molecule has 0 radical (unpaired) electrons. The van der Waals surface area contributed by atoms with Crippen molar-refractivity contribution in [2.75, 3.05) is 32.9 Å². The van der Waals surface area contributed by atoms with Gasteiger partial charge >= 0.3 is 0 Å². The standard InChI is InChI=1S/C20H30N4OS/c1-24(2)19(25)14-22-20(21-13-18-8-5-11-26-18)23-17-10-9-15-6-3-4-7-16(15)12-17/h3-4,6-7,17-18H,5,8-14H2,1-2H3,(H2,21,22,23). The number of amides is 1. The van der Waals surface area contributed by atoms with Gasteiger partial charge in [-0.25, -0.2) is 4.99 Å². The summed E-state index contributed by atoms with van der Waals surface area (Å²) < 4.78 is 0. The van der Waals surface area contributed by atoms with Crippen molar-refractivity contribution in [2.24, 2.45) is 4.99 Å². The van der Waals surface area contributed by atoms with E-state index in [1.54, 1.807) is 19.0 Å². The zero-order chi connectivity index (χ0) is 18.4. The van der Waals surface area contributed by atoms with Gasteiger partial charge in [-0.2, -0.15) is 11.8 Å². The van der Waals surface area contributed by atoms with Crippen LogP contribution in [0.2, 0.25) is 0 Å². The average Bonchev–Trinajstić information content (AvgIpc) is 3.17. The predicted octanol–water partition coefficient (Wildman–Crippen LogP) is 2.06. The van der Waals surface area contributed by atoms with E-state index >= 15 is 0 Å². The fraction of sp³-hybridized carbons (Fsp3) is 0.600. The van der Waals surface area contributed by atoms with Crippen LogP contribution in [0.4, 0.5) is 0 Å². The molecule has 6 heteroatoms. The van der Waals surface area contributed by atoms with Crippen molar-refractivity contribution in [1.82, 2.24) is 15.5 Å². The highest BCUT2D eigenvalue weighted by Gasteiger charge is 2.21. The van der Waals surface area contributed by atoms with E-state index in [0.29, 0.717) is 11.3 Å². The quantitative estimate of drug-likeness (QED) is 0.612. The van der Waals surface area contributed by atoms with Gasteiger partial charge in [0.05, 0.1) is 0 Å². The summed E-state index contributed by atoms with van der Waals surface area (Å²) >= 11 is 2.03. The summed E-state index contributed by atoms with van der Waals surface area (Å²) in [6, 6.07) is 9.04. The maximum Gasteiger partial charge on any atom is 0.243 e. The number of hydrogen-bond acceptors (Lipinski definition) is 3. The van der Waals surface area contributed by atoms with E-state index in [-0.39, 0.29) is 12.5 Å². The smallest absolute Gasteiger partial charge is 0.243 e. The molecule has 0 aromatic heterocycles. The molecule has 0 spiro atoms. The molecule has 2 N–H and O–H groups in total. The molecule has 1 aliphatic heterocycles. The van der Waals surface area contributed by atoms with E-state index in [4.69, 9.17) is 0 Å². The van der Waals surface area contributed by atoms with Crippen LogP contribution < -0.4 is 10.6 Å². The first-order valence-electron chi connectivity index (χ1n) is 9.55. The molecule has 2 unspecified atom stereocenters. The number of thioether (sulfide) groups is 1. The molecule has 26 heavy (non-hydrogen) atoms. The minimum absolute atomic E-state index is 0.0235. The van der Waals surface area contributed by atoms with Gasteiger partial charge in [0.25, 0.3) is 0 Å². The molecule has 142 valence electrons. The van der Waals surface area contributed by atoms with Gasteiger partial charge in [0.1, 0.15) is 6.54 Å². The third kappa shape index (κ3) is 5.40. The van der Waals surface area contributed by atoms with Gasteiger partial charge in [-0.15, -0.1) is 0 Å². The van der Waals surface area contributed by atoms with Crippen molar-refractivity contribution in [3.63, 3.8) is 0 Å². The summed E-state index contributed by atoms with van der Waals surface area (Å²) in [6.45, 7) is 1.10. The topological polar surface area (TPSA) is 56.7 Å². The Morgan fingerprint density at radius 1 is 1.27 bits per heavy atom. The molecule has 1 aromatic carbocycles. The second-order valence-corrected chi connectivity index (χ2v) is 8.73. The zero-order valence-electron chi connectivity index (χ0n) is 15.8. The lowest BCUT2D eigenvalue weighted by Gasteiger charge is -2.27. The summed E-state index contributed by atoms with van der Waals surface area (Å²) in [4.78, 5) is 18.1. The molecule has 3 rings (SSSR count).